The third-order valence-corrected chi connectivity index (χ3v) is 13.1. The van der Waals surface area contributed by atoms with Crippen molar-refractivity contribution in [2.45, 2.75) is 12.3 Å². The van der Waals surface area contributed by atoms with Crippen LogP contribution in [-0.4, -0.2) is 4.57 Å². The zero-order valence-electron chi connectivity index (χ0n) is 26.0. The second kappa shape index (κ2) is 10.6. The first-order valence-electron chi connectivity index (χ1n) is 16.1. The van der Waals surface area contributed by atoms with E-state index in [1.807, 2.05) is 60.7 Å². The molecule has 3 heteroatoms. The van der Waals surface area contributed by atoms with Crippen molar-refractivity contribution in [3.63, 3.8) is 0 Å². The monoisotopic (exact) mass is 621 g/mol. The van der Waals surface area contributed by atoms with E-state index in [1.54, 1.807) is 0 Å². The molecule has 0 aliphatic carbocycles. The number of fused-ring (bicyclic) bond motifs is 5. The summed E-state index contributed by atoms with van der Waals surface area (Å²) in [4.78, 5) is 0. The average Bonchev–Trinajstić information content (AvgIpc) is 3.48. The zero-order chi connectivity index (χ0) is 31.6. The first-order valence-corrected chi connectivity index (χ1v) is 17.8. The third-order valence-electron chi connectivity index (χ3n) is 10.0. The van der Waals surface area contributed by atoms with E-state index < -0.39 is 12.6 Å². The molecule has 47 heavy (non-hydrogen) atoms. The quantitative estimate of drug-likeness (QED) is 0.176. The Morgan fingerprint density at radius 3 is 1.72 bits per heavy atom. The summed E-state index contributed by atoms with van der Waals surface area (Å²) in [5.41, 5.74) is 9.10. The zero-order valence-corrected chi connectivity index (χ0v) is 26.9. The van der Waals surface area contributed by atoms with Gasteiger partial charge in [-0.3, -0.25) is 0 Å². The van der Waals surface area contributed by atoms with E-state index in [0.717, 1.165) is 21.5 Å². The number of hydrogen-bond donors (Lipinski definition) is 0. The van der Waals surface area contributed by atoms with Gasteiger partial charge < -0.3 is 9.13 Å². The van der Waals surface area contributed by atoms with Gasteiger partial charge in [0.2, 0.25) is 0 Å². The standard InChI is InChI=1S/C44H32NOP/c1-31-24-29-39-42(30-31)45-41-23-12-11-20-37(41)38-21-13-22-40(43(38)45)44(39,32-14-5-2-6-15-32)33-25-27-36(28-26-33)47(46,34-16-7-3-8-17-34)35-18-9-4-10-19-35/h2-30H,1H3. The molecule has 1 aliphatic rings. The molecule has 0 bridgehead atoms. The summed E-state index contributed by atoms with van der Waals surface area (Å²) in [6.07, 6.45) is 0. The van der Waals surface area contributed by atoms with Gasteiger partial charge >= 0.3 is 0 Å². The van der Waals surface area contributed by atoms with Gasteiger partial charge in [-0.25, -0.2) is 0 Å². The van der Waals surface area contributed by atoms with Crippen molar-refractivity contribution >= 4 is 44.9 Å². The molecule has 224 valence electrons. The van der Waals surface area contributed by atoms with Crippen LogP contribution in [0.3, 0.4) is 0 Å². The first kappa shape index (κ1) is 27.8. The SMILES string of the molecule is Cc1ccc2c(c1)-n1c3ccccc3c3cccc(c31)C2(c1ccccc1)c1ccc(P(=O)(c2ccccc2)c2ccccc2)cc1. The van der Waals surface area contributed by atoms with Gasteiger partial charge in [-0.15, -0.1) is 0 Å². The summed E-state index contributed by atoms with van der Waals surface area (Å²) in [6.45, 7) is 2.17. The van der Waals surface area contributed by atoms with E-state index in [-0.39, 0.29) is 0 Å². The molecule has 0 N–H and O–H groups in total. The number of hydrogen-bond acceptors (Lipinski definition) is 1. The van der Waals surface area contributed by atoms with E-state index in [0.29, 0.717) is 0 Å². The molecule has 0 saturated heterocycles. The smallest absolute Gasteiger partial charge is 0.171 e. The topological polar surface area (TPSA) is 22.0 Å². The predicted octanol–water partition coefficient (Wildman–Crippen LogP) is 9.43. The molecule has 1 unspecified atom stereocenters. The molecule has 9 rings (SSSR count). The molecule has 0 fully saturated rings. The Morgan fingerprint density at radius 2 is 1.04 bits per heavy atom. The van der Waals surface area contributed by atoms with Crippen molar-refractivity contribution in [3.05, 3.63) is 204 Å². The molecule has 0 radical (unpaired) electrons. The Morgan fingerprint density at radius 1 is 0.489 bits per heavy atom. The van der Waals surface area contributed by atoms with E-state index in [2.05, 4.69) is 127 Å². The molecule has 0 amide bonds. The molecule has 1 atom stereocenters. The van der Waals surface area contributed by atoms with Gasteiger partial charge in [0.1, 0.15) is 0 Å². The number of nitrogens with zero attached hydrogens (tertiary/aromatic N) is 1. The van der Waals surface area contributed by atoms with Crippen molar-refractivity contribution in [1.82, 2.24) is 4.57 Å². The van der Waals surface area contributed by atoms with Crippen LogP contribution in [0.25, 0.3) is 27.5 Å². The minimum Gasteiger partial charge on any atom is -0.309 e. The number of benzene rings is 7. The number of aryl methyl sites for hydroxylation is 1. The first-order chi connectivity index (χ1) is 23.1. The van der Waals surface area contributed by atoms with E-state index in [4.69, 9.17) is 0 Å². The van der Waals surface area contributed by atoms with Gasteiger partial charge in [0.25, 0.3) is 0 Å². The lowest BCUT2D eigenvalue weighted by Gasteiger charge is -2.42. The van der Waals surface area contributed by atoms with Crippen LogP contribution >= 0.6 is 7.14 Å². The summed E-state index contributed by atoms with van der Waals surface area (Å²) in [6, 6.07) is 61.8. The molecule has 7 aromatic carbocycles. The average molecular weight is 622 g/mol. The normalized spacial score (nSPS) is 15.5. The molecule has 2 heterocycles. The molecule has 1 aromatic heterocycles. The third kappa shape index (κ3) is 3.89. The number of rotatable bonds is 5. The molecule has 2 nitrogen and oxygen atoms in total. The summed E-state index contributed by atoms with van der Waals surface area (Å²) in [7, 11) is -3.12. The van der Waals surface area contributed by atoms with E-state index in [1.165, 1.54) is 49.7 Å². The molecule has 1 aliphatic heterocycles. The Hall–Kier alpha value is -5.43. The molecule has 0 spiro atoms. The van der Waals surface area contributed by atoms with Gasteiger partial charge in [-0.1, -0.05) is 164 Å². The van der Waals surface area contributed by atoms with Crippen LogP contribution < -0.4 is 15.9 Å². The van der Waals surface area contributed by atoms with Gasteiger partial charge in [0.05, 0.1) is 22.1 Å². The van der Waals surface area contributed by atoms with Crippen LogP contribution in [0, 0.1) is 6.92 Å². The van der Waals surface area contributed by atoms with Crippen molar-refractivity contribution in [3.8, 4) is 5.69 Å². The van der Waals surface area contributed by atoms with E-state index in [9.17, 15) is 0 Å². The lowest BCUT2D eigenvalue weighted by molar-refractivity contribution is 0.592. The molecular formula is C44H32NOP. The highest BCUT2D eigenvalue weighted by Gasteiger charge is 2.45. The van der Waals surface area contributed by atoms with E-state index >= 15 is 4.57 Å². The van der Waals surface area contributed by atoms with Crippen LogP contribution in [0.1, 0.15) is 27.8 Å². The Bertz CT molecular complexity index is 2440. The maximum Gasteiger partial charge on any atom is 0.171 e. The van der Waals surface area contributed by atoms with Crippen LogP contribution in [0.4, 0.5) is 0 Å². The Kier molecular flexibility index (Phi) is 6.25. The molecular weight excluding hydrogens is 589 g/mol. The van der Waals surface area contributed by atoms with Crippen LogP contribution in [0.15, 0.2) is 176 Å². The predicted molar refractivity (Wildman–Crippen MR) is 197 cm³/mol. The fourth-order valence-corrected chi connectivity index (χ4v) is 10.6. The van der Waals surface area contributed by atoms with Crippen molar-refractivity contribution < 1.29 is 4.57 Å². The number of para-hydroxylation sites is 2. The highest BCUT2D eigenvalue weighted by molar-refractivity contribution is 7.85. The van der Waals surface area contributed by atoms with Crippen molar-refractivity contribution in [2.24, 2.45) is 0 Å². The van der Waals surface area contributed by atoms with Gasteiger partial charge in [-0.2, -0.15) is 0 Å². The Balaban J connectivity index is 1.38. The minimum atomic E-state index is -3.12. The lowest BCUT2D eigenvalue weighted by Crippen LogP contribution is -2.36. The Labute approximate surface area is 275 Å². The lowest BCUT2D eigenvalue weighted by atomic mass is 9.63. The van der Waals surface area contributed by atoms with Gasteiger partial charge in [0, 0.05) is 26.7 Å². The summed E-state index contributed by atoms with van der Waals surface area (Å²) in [5.74, 6) is 0. The van der Waals surface area contributed by atoms with Crippen LogP contribution in [0.5, 0.6) is 0 Å². The highest BCUT2D eigenvalue weighted by atomic mass is 31.2. The minimum absolute atomic E-state index is 0.601. The summed E-state index contributed by atoms with van der Waals surface area (Å²) in [5, 5.41) is 5.01. The second-order valence-corrected chi connectivity index (χ2v) is 15.3. The summed E-state index contributed by atoms with van der Waals surface area (Å²) < 4.78 is 17.8. The maximum absolute atomic E-state index is 15.3. The van der Waals surface area contributed by atoms with Crippen molar-refractivity contribution in [2.75, 3.05) is 0 Å². The molecule has 8 aromatic rings. The second-order valence-electron chi connectivity index (χ2n) is 12.5. The fourth-order valence-electron chi connectivity index (χ4n) is 7.98. The van der Waals surface area contributed by atoms with Gasteiger partial charge in [0.15, 0.2) is 7.14 Å². The fraction of sp³-hybridized carbons (Fsp3) is 0.0455. The van der Waals surface area contributed by atoms with Crippen LogP contribution in [0.2, 0.25) is 0 Å². The molecule has 0 saturated carbocycles. The van der Waals surface area contributed by atoms with Crippen molar-refractivity contribution in [1.29, 1.82) is 0 Å². The maximum atomic E-state index is 15.3. The van der Waals surface area contributed by atoms with Crippen LogP contribution in [-0.2, 0) is 9.98 Å². The number of aromatic nitrogens is 1. The highest BCUT2D eigenvalue weighted by Crippen LogP contribution is 2.54. The summed E-state index contributed by atoms with van der Waals surface area (Å²) >= 11 is 0. The van der Waals surface area contributed by atoms with Gasteiger partial charge in [-0.05, 0) is 46.9 Å². The largest absolute Gasteiger partial charge is 0.309 e.